The van der Waals surface area contributed by atoms with E-state index in [-0.39, 0.29) is 0 Å². The van der Waals surface area contributed by atoms with Crippen molar-refractivity contribution in [1.29, 1.82) is 0 Å². The molecule has 0 radical (unpaired) electrons. The van der Waals surface area contributed by atoms with Crippen molar-refractivity contribution < 1.29 is 28.8 Å². The molecule has 1 N–H and O–H groups in total. The molecule has 1 aliphatic heterocycles. The fourth-order valence-electron chi connectivity index (χ4n) is 3.10. The minimum atomic E-state index is -0.796. The Bertz CT molecular complexity index is 327. The maximum absolute atomic E-state index is 10.7. The molecule has 0 aromatic carbocycles. The van der Waals surface area contributed by atoms with Gasteiger partial charge in [0.1, 0.15) is 24.4 Å². The highest BCUT2D eigenvalue weighted by Crippen LogP contribution is 2.27. The summed E-state index contributed by atoms with van der Waals surface area (Å²) in [6, 6.07) is 0. The molecule has 0 spiro atoms. The third kappa shape index (κ3) is 8.19. The van der Waals surface area contributed by atoms with Gasteiger partial charge in [-0.3, -0.25) is 0 Å². The molecule has 0 saturated carbocycles. The molecular formula is C20H40O6. The normalized spacial score (nSPS) is 29.2. The van der Waals surface area contributed by atoms with Gasteiger partial charge in [-0.25, -0.2) is 0 Å². The number of aliphatic hydroxyl groups is 1. The Morgan fingerprint density at radius 3 is 2.08 bits per heavy atom. The van der Waals surface area contributed by atoms with Crippen LogP contribution in [0.15, 0.2) is 0 Å². The largest absolute Gasteiger partial charge is 0.387 e. The van der Waals surface area contributed by atoms with Gasteiger partial charge >= 0.3 is 0 Å². The fourth-order valence-corrected chi connectivity index (χ4v) is 3.10. The summed E-state index contributed by atoms with van der Waals surface area (Å²) in [7, 11) is 1.59. The third-order valence-electron chi connectivity index (χ3n) is 4.55. The van der Waals surface area contributed by atoms with Crippen molar-refractivity contribution >= 4 is 0 Å². The Morgan fingerprint density at radius 1 is 0.808 bits per heavy atom. The van der Waals surface area contributed by atoms with Crippen LogP contribution >= 0.6 is 0 Å². The van der Waals surface area contributed by atoms with Crippen molar-refractivity contribution in [2.24, 2.45) is 0 Å². The van der Waals surface area contributed by atoms with Gasteiger partial charge in [-0.05, 0) is 19.3 Å². The summed E-state index contributed by atoms with van der Waals surface area (Å²) >= 11 is 0. The number of ether oxygens (including phenoxy) is 5. The number of hydrogen-bond acceptors (Lipinski definition) is 6. The second kappa shape index (κ2) is 14.8. The van der Waals surface area contributed by atoms with Crippen molar-refractivity contribution in [3.8, 4) is 0 Å². The quantitative estimate of drug-likeness (QED) is 0.442. The van der Waals surface area contributed by atoms with E-state index in [4.69, 9.17) is 23.7 Å². The molecule has 0 aromatic heterocycles. The van der Waals surface area contributed by atoms with E-state index in [1.807, 2.05) is 13.8 Å². The van der Waals surface area contributed by atoms with Gasteiger partial charge < -0.3 is 28.8 Å². The molecule has 5 atom stereocenters. The second-order valence-electron chi connectivity index (χ2n) is 6.93. The van der Waals surface area contributed by atoms with Gasteiger partial charge in [0.2, 0.25) is 0 Å². The lowest BCUT2D eigenvalue weighted by molar-refractivity contribution is -0.312. The molecule has 1 aliphatic rings. The summed E-state index contributed by atoms with van der Waals surface area (Å²) in [5.41, 5.74) is 0. The molecule has 1 rings (SSSR count). The van der Waals surface area contributed by atoms with Crippen molar-refractivity contribution in [3.63, 3.8) is 0 Å². The Balaban J connectivity index is 2.53. The highest BCUT2D eigenvalue weighted by Gasteiger charge is 2.47. The molecule has 1 unspecified atom stereocenters. The van der Waals surface area contributed by atoms with E-state index in [0.29, 0.717) is 26.4 Å². The molecule has 156 valence electrons. The van der Waals surface area contributed by atoms with Gasteiger partial charge in [-0.15, -0.1) is 0 Å². The summed E-state index contributed by atoms with van der Waals surface area (Å²) in [5.74, 6) is 0. The molecule has 0 aromatic rings. The van der Waals surface area contributed by atoms with Crippen LogP contribution in [0.5, 0.6) is 0 Å². The zero-order chi connectivity index (χ0) is 19.2. The highest BCUT2D eigenvalue weighted by atomic mass is 16.7. The summed E-state index contributed by atoms with van der Waals surface area (Å²) in [4.78, 5) is 0. The summed E-state index contributed by atoms with van der Waals surface area (Å²) in [5, 5.41) is 10.7. The zero-order valence-corrected chi connectivity index (χ0v) is 17.2. The average molecular weight is 377 g/mol. The van der Waals surface area contributed by atoms with Gasteiger partial charge in [-0.1, -0.05) is 46.5 Å². The first-order chi connectivity index (χ1) is 12.7. The first-order valence-corrected chi connectivity index (χ1v) is 10.4. The molecular weight excluding hydrogens is 336 g/mol. The summed E-state index contributed by atoms with van der Waals surface area (Å²) in [6.07, 6.45) is 4.99. The van der Waals surface area contributed by atoms with Gasteiger partial charge in [-0.2, -0.15) is 0 Å². The molecule has 6 nitrogen and oxygen atoms in total. The van der Waals surface area contributed by atoms with E-state index in [1.54, 1.807) is 7.11 Å². The van der Waals surface area contributed by atoms with Crippen molar-refractivity contribution in [3.05, 3.63) is 0 Å². The first-order valence-electron chi connectivity index (χ1n) is 10.4. The topological polar surface area (TPSA) is 66.4 Å². The lowest BCUT2D eigenvalue weighted by Crippen LogP contribution is -2.61. The molecule has 0 bridgehead atoms. The summed E-state index contributed by atoms with van der Waals surface area (Å²) < 4.78 is 28.9. The van der Waals surface area contributed by atoms with Crippen LogP contribution in [0.2, 0.25) is 0 Å². The number of hydrogen-bond donors (Lipinski definition) is 1. The second-order valence-corrected chi connectivity index (χ2v) is 6.93. The van der Waals surface area contributed by atoms with Crippen LogP contribution in [0.25, 0.3) is 0 Å². The van der Waals surface area contributed by atoms with E-state index in [0.717, 1.165) is 19.3 Å². The maximum atomic E-state index is 10.7. The van der Waals surface area contributed by atoms with Crippen molar-refractivity contribution in [2.75, 3.05) is 33.5 Å². The van der Waals surface area contributed by atoms with Crippen LogP contribution in [-0.2, 0) is 23.7 Å². The van der Waals surface area contributed by atoms with Gasteiger partial charge in [0.15, 0.2) is 6.29 Å². The number of aliphatic hydroxyl groups excluding tert-OH is 1. The Kier molecular flexibility index (Phi) is 13.5. The molecule has 6 heteroatoms. The van der Waals surface area contributed by atoms with Gasteiger partial charge in [0.25, 0.3) is 0 Å². The number of methoxy groups -OCH3 is 1. The van der Waals surface area contributed by atoms with Crippen molar-refractivity contribution in [2.45, 2.75) is 96.4 Å². The third-order valence-corrected chi connectivity index (χ3v) is 4.55. The predicted molar refractivity (Wildman–Crippen MR) is 101 cm³/mol. The van der Waals surface area contributed by atoms with Gasteiger partial charge in [0, 0.05) is 26.9 Å². The monoisotopic (exact) mass is 376 g/mol. The van der Waals surface area contributed by atoms with Crippen LogP contribution in [0.4, 0.5) is 0 Å². The lowest BCUT2D eigenvalue weighted by Gasteiger charge is -2.43. The van der Waals surface area contributed by atoms with Gasteiger partial charge in [0.05, 0.1) is 6.61 Å². The lowest BCUT2D eigenvalue weighted by atomic mass is 9.98. The van der Waals surface area contributed by atoms with E-state index >= 15 is 0 Å². The highest BCUT2D eigenvalue weighted by molar-refractivity contribution is 4.91. The van der Waals surface area contributed by atoms with Crippen LogP contribution < -0.4 is 0 Å². The first kappa shape index (κ1) is 23.8. The van der Waals surface area contributed by atoms with Crippen LogP contribution in [-0.4, -0.2) is 69.3 Å². The van der Waals surface area contributed by atoms with E-state index in [9.17, 15) is 5.11 Å². The molecule has 1 heterocycles. The Hall–Kier alpha value is -0.240. The average Bonchev–Trinajstić information content (AvgIpc) is 2.65. The van der Waals surface area contributed by atoms with Crippen molar-refractivity contribution in [1.82, 2.24) is 0 Å². The zero-order valence-electron chi connectivity index (χ0n) is 17.2. The smallest absolute Gasteiger partial charge is 0.186 e. The van der Waals surface area contributed by atoms with E-state index < -0.39 is 30.7 Å². The number of rotatable bonds is 15. The molecule has 0 aliphatic carbocycles. The fraction of sp³-hybridized carbons (Fsp3) is 1.00. The number of unbranched alkanes of at least 4 members (excludes halogenated alkanes) is 4. The van der Waals surface area contributed by atoms with Crippen LogP contribution in [0.3, 0.4) is 0 Å². The Labute approximate surface area is 159 Å². The standard InChI is InChI=1S/C20H40O6/c1-5-8-9-10-11-14-23-15-16-17(21)18(24-12-6-2)19(25-13-7-3)20(22-4)26-16/h16-21H,5-15H2,1-4H3/t16-,17-,18+,19-,20?/m1/s1. The predicted octanol–water partition coefficient (Wildman–Crippen LogP) is 3.30. The Morgan fingerprint density at radius 2 is 1.46 bits per heavy atom. The van der Waals surface area contributed by atoms with E-state index in [1.165, 1.54) is 25.7 Å². The molecule has 26 heavy (non-hydrogen) atoms. The minimum Gasteiger partial charge on any atom is -0.387 e. The molecule has 0 amide bonds. The molecule has 1 saturated heterocycles. The molecule has 1 fully saturated rings. The van der Waals surface area contributed by atoms with Crippen LogP contribution in [0.1, 0.15) is 65.7 Å². The van der Waals surface area contributed by atoms with Crippen LogP contribution in [0, 0.1) is 0 Å². The summed E-state index contributed by atoms with van der Waals surface area (Å²) in [6.45, 7) is 8.45. The maximum Gasteiger partial charge on any atom is 0.186 e. The SMILES string of the molecule is CCCCCCCOC[C@H]1OC(OC)[C@H](OCCC)[C@@H](OCCC)[C@@H]1O. The minimum absolute atomic E-state index is 0.335. The van der Waals surface area contributed by atoms with E-state index in [2.05, 4.69) is 6.92 Å².